The maximum atomic E-state index is 13.8. The van der Waals surface area contributed by atoms with Gasteiger partial charge in [0.25, 0.3) is 5.91 Å². The lowest BCUT2D eigenvalue weighted by molar-refractivity contribution is -0.153. The number of hydrogen-bond donors (Lipinski definition) is 4. The molecule has 6 atom stereocenters. The molecule has 2 aliphatic rings. The molecule has 0 spiro atoms. The quantitative estimate of drug-likeness (QED) is 0.317. The molecule has 4 N–H and O–H groups in total. The van der Waals surface area contributed by atoms with Gasteiger partial charge in [0, 0.05) is 13.0 Å². The molecule has 1 aromatic rings. The van der Waals surface area contributed by atoms with Crippen LogP contribution in [0.25, 0.3) is 0 Å². The Bertz CT molecular complexity index is 1080. The number of amides is 3. The Labute approximate surface area is 249 Å². The zero-order valence-corrected chi connectivity index (χ0v) is 25.4. The summed E-state index contributed by atoms with van der Waals surface area (Å²) in [6, 6.07) is 6.87. The van der Waals surface area contributed by atoms with Crippen LogP contribution in [0.4, 0.5) is 0 Å². The van der Waals surface area contributed by atoms with Crippen LogP contribution in [0.3, 0.4) is 0 Å². The van der Waals surface area contributed by atoms with Crippen LogP contribution >= 0.6 is 0 Å². The van der Waals surface area contributed by atoms with Gasteiger partial charge in [0.2, 0.25) is 11.8 Å². The predicted octanol–water partition coefficient (Wildman–Crippen LogP) is 2.66. The van der Waals surface area contributed by atoms with Gasteiger partial charge >= 0.3 is 5.97 Å². The van der Waals surface area contributed by atoms with Gasteiger partial charge in [0.15, 0.2) is 0 Å². The number of carbonyl (C=O) groups is 4. The Kier molecular flexibility index (Phi) is 13.0. The SMILES string of the molecule is CC(C)[C@@H]1NC(=O)[C@@H](C)[C@@H](O)[C@@H](C)C/C=C/CCCCOC(=O)[C@@H]2CCCN(N2)C(=O)[C@H](Cc2ccccc2)NC1=O. The van der Waals surface area contributed by atoms with E-state index in [0.29, 0.717) is 38.8 Å². The van der Waals surface area contributed by atoms with Crippen molar-refractivity contribution in [3.8, 4) is 0 Å². The number of carbonyl (C=O) groups excluding carboxylic acids is 4. The van der Waals surface area contributed by atoms with Gasteiger partial charge < -0.3 is 20.5 Å². The van der Waals surface area contributed by atoms with Crippen molar-refractivity contribution >= 4 is 23.7 Å². The second kappa shape index (κ2) is 16.4. The molecule has 10 nitrogen and oxygen atoms in total. The number of cyclic esters (lactones) is 1. The largest absolute Gasteiger partial charge is 0.464 e. The summed E-state index contributed by atoms with van der Waals surface area (Å²) >= 11 is 0. The third-order valence-corrected chi connectivity index (χ3v) is 8.07. The number of aliphatic hydroxyl groups excluding tert-OH is 1. The first-order chi connectivity index (χ1) is 20.1. The normalized spacial score (nSPS) is 30.4. The molecule has 3 rings (SSSR count). The first-order valence-electron chi connectivity index (χ1n) is 15.3. The van der Waals surface area contributed by atoms with Gasteiger partial charge in [-0.1, -0.05) is 70.2 Å². The highest BCUT2D eigenvalue weighted by Gasteiger charge is 2.36. The van der Waals surface area contributed by atoms with Crippen molar-refractivity contribution in [3.63, 3.8) is 0 Å². The van der Waals surface area contributed by atoms with Crippen molar-refractivity contribution < 1.29 is 29.0 Å². The Morgan fingerprint density at radius 3 is 2.43 bits per heavy atom. The summed E-state index contributed by atoms with van der Waals surface area (Å²) in [5, 5.41) is 18.0. The Balaban J connectivity index is 1.86. The van der Waals surface area contributed by atoms with Gasteiger partial charge in [-0.3, -0.25) is 24.2 Å². The second-order valence-electron chi connectivity index (χ2n) is 11.9. The number of rotatable bonds is 3. The number of hydrazine groups is 1. The maximum Gasteiger partial charge on any atom is 0.324 e. The fraction of sp³-hybridized carbons (Fsp3) is 0.625. The molecule has 0 aliphatic carbocycles. The number of hydrogen-bond acceptors (Lipinski definition) is 7. The first kappa shape index (κ1) is 33.3. The third kappa shape index (κ3) is 9.66. The Morgan fingerprint density at radius 2 is 1.71 bits per heavy atom. The minimum atomic E-state index is -0.937. The van der Waals surface area contributed by atoms with E-state index in [1.165, 1.54) is 5.01 Å². The summed E-state index contributed by atoms with van der Waals surface area (Å²) in [6.07, 6.45) is 7.52. The van der Waals surface area contributed by atoms with E-state index >= 15 is 0 Å². The Hall–Kier alpha value is -3.24. The number of benzene rings is 1. The van der Waals surface area contributed by atoms with Crippen LogP contribution < -0.4 is 16.1 Å². The van der Waals surface area contributed by atoms with E-state index in [2.05, 4.69) is 16.1 Å². The maximum absolute atomic E-state index is 13.8. The summed E-state index contributed by atoms with van der Waals surface area (Å²) in [7, 11) is 0. The minimum Gasteiger partial charge on any atom is -0.464 e. The lowest BCUT2D eigenvalue weighted by atomic mass is 9.89. The van der Waals surface area contributed by atoms with E-state index in [4.69, 9.17) is 4.74 Å². The van der Waals surface area contributed by atoms with E-state index in [-0.39, 0.29) is 24.2 Å². The molecule has 2 heterocycles. The number of nitrogens with one attached hydrogen (secondary N) is 3. The van der Waals surface area contributed by atoms with Crippen LogP contribution in [-0.2, 0) is 30.3 Å². The zero-order valence-electron chi connectivity index (χ0n) is 25.4. The summed E-state index contributed by atoms with van der Waals surface area (Å²) in [6.45, 7) is 7.87. The molecule has 42 heavy (non-hydrogen) atoms. The van der Waals surface area contributed by atoms with Crippen molar-refractivity contribution in [2.45, 2.75) is 96.9 Å². The van der Waals surface area contributed by atoms with Gasteiger partial charge in [-0.25, -0.2) is 5.43 Å². The molecule has 10 heteroatoms. The fourth-order valence-electron chi connectivity index (χ4n) is 5.29. The minimum absolute atomic E-state index is 0.166. The number of fused-ring (bicyclic) bond motifs is 2. The van der Waals surface area contributed by atoms with Crippen molar-refractivity contribution in [2.24, 2.45) is 17.8 Å². The summed E-state index contributed by atoms with van der Waals surface area (Å²) < 4.78 is 5.50. The van der Waals surface area contributed by atoms with Gasteiger partial charge in [-0.15, -0.1) is 0 Å². The Morgan fingerprint density at radius 1 is 0.976 bits per heavy atom. The van der Waals surface area contributed by atoms with Crippen LogP contribution in [0.2, 0.25) is 0 Å². The molecule has 0 radical (unpaired) electrons. The molecule has 1 saturated heterocycles. The molecule has 1 fully saturated rings. The van der Waals surface area contributed by atoms with Crippen molar-refractivity contribution in [1.82, 2.24) is 21.1 Å². The molecular formula is C32H48N4O6. The number of ether oxygens (including phenoxy) is 1. The van der Waals surface area contributed by atoms with E-state index in [1.807, 2.05) is 63.3 Å². The van der Waals surface area contributed by atoms with Gasteiger partial charge in [0.05, 0.1) is 18.6 Å². The summed E-state index contributed by atoms with van der Waals surface area (Å²) in [4.78, 5) is 53.4. The number of nitrogens with zero attached hydrogens (tertiary/aromatic N) is 1. The highest BCUT2D eigenvalue weighted by atomic mass is 16.5. The highest BCUT2D eigenvalue weighted by Crippen LogP contribution is 2.19. The number of esters is 1. The molecule has 0 unspecified atom stereocenters. The van der Waals surface area contributed by atoms with Gasteiger partial charge in [-0.05, 0) is 55.9 Å². The highest BCUT2D eigenvalue weighted by molar-refractivity contribution is 5.93. The van der Waals surface area contributed by atoms with Crippen molar-refractivity contribution in [1.29, 1.82) is 0 Å². The molecule has 0 saturated carbocycles. The van der Waals surface area contributed by atoms with Crippen molar-refractivity contribution in [2.75, 3.05) is 13.2 Å². The van der Waals surface area contributed by atoms with E-state index in [1.54, 1.807) is 6.92 Å². The first-order valence-corrected chi connectivity index (χ1v) is 15.3. The molecule has 232 valence electrons. The van der Waals surface area contributed by atoms with Gasteiger partial charge in [0.1, 0.15) is 18.1 Å². The van der Waals surface area contributed by atoms with E-state index in [0.717, 1.165) is 18.4 Å². The van der Waals surface area contributed by atoms with E-state index < -0.39 is 47.9 Å². The zero-order chi connectivity index (χ0) is 30.6. The lowest BCUT2D eigenvalue weighted by Crippen LogP contribution is -2.62. The topological polar surface area (TPSA) is 137 Å². The number of allylic oxidation sites excluding steroid dienone is 2. The lowest BCUT2D eigenvalue weighted by Gasteiger charge is -2.35. The average Bonchev–Trinajstić information content (AvgIpc) is 2.99. The van der Waals surface area contributed by atoms with Gasteiger partial charge in [-0.2, -0.15) is 0 Å². The molecule has 2 aliphatic heterocycles. The molecule has 1 aromatic carbocycles. The van der Waals surface area contributed by atoms with Crippen LogP contribution in [-0.4, -0.2) is 71.2 Å². The molecule has 0 aromatic heterocycles. The molecule has 2 bridgehead atoms. The fourth-order valence-corrected chi connectivity index (χ4v) is 5.29. The number of aliphatic hydroxyl groups is 1. The summed E-state index contributed by atoms with van der Waals surface area (Å²) in [5.41, 5.74) is 3.88. The van der Waals surface area contributed by atoms with Crippen molar-refractivity contribution in [3.05, 3.63) is 48.0 Å². The standard InChI is InChI=1S/C32H48N4O6/c1-21(2)27-30(39)33-26(20-24-15-10-8-11-16-24)31(40)36-18-13-17-25(35-36)32(41)42-19-12-7-5-6-9-14-22(3)28(37)23(4)29(38)34-27/h6,8-11,15-16,21-23,25-28,35,37H,5,7,12-14,17-20H2,1-4H3,(H,33,39)(H,34,38)/b9-6+/t22-,23-,25-,26-,27-,28-/m0/s1. The van der Waals surface area contributed by atoms with Crippen LogP contribution in [0.5, 0.6) is 0 Å². The predicted molar refractivity (Wildman–Crippen MR) is 160 cm³/mol. The second-order valence-corrected chi connectivity index (χ2v) is 11.9. The molecule has 3 amide bonds. The van der Waals surface area contributed by atoms with Crippen LogP contribution in [0, 0.1) is 17.8 Å². The average molecular weight is 585 g/mol. The third-order valence-electron chi connectivity index (χ3n) is 8.07. The molecular weight excluding hydrogens is 536 g/mol. The van der Waals surface area contributed by atoms with Crippen LogP contribution in [0.15, 0.2) is 42.5 Å². The summed E-state index contributed by atoms with van der Waals surface area (Å²) in [5.74, 6) is -2.84. The smallest absolute Gasteiger partial charge is 0.324 e. The van der Waals surface area contributed by atoms with Crippen LogP contribution in [0.1, 0.15) is 71.8 Å². The van der Waals surface area contributed by atoms with E-state index in [9.17, 15) is 24.3 Å². The monoisotopic (exact) mass is 584 g/mol.